The van der Waals surface area contributed by atoms with Crippen LogP contribution in [-0.2, 0) is 6.42 Å². The van der Waals surface area contributed by atoms with Crippen molar-refractivity contribution in [2.24, 2.45) is 5.41 Å². The Morgan fingerprint density at radius 3 is 2.96 bits per heavy atom. The van der Waals surface area contributed by atoms with E-state index < -0.39 is 5.91 Å². The van der Waals surface area contributed by atoms with Crippen molar-refractivity contribution >= 4 is 22.2 Å². The number of furan rings is 1. The first-order valence-electron chi connectivity index (χ1n) is 8.61. The lowest BCUT2D eigenvalue weighted by atomic mass is 9.74. The van der Waals surface area contributed by atoms with Gasteiger partial charge in [-0.2, -0.15) is 0 Å². The van der Waals surface area contributed by atoms with Crippen molar-refractivity contribution in [3.63, 3.8) is 0 Å². The van der Waals surface area contributed by atoms with Crippen LogP contribution in [0.25, 0.3) is 4.96 Å². The molecular weight excluding hydrogens is 350 g/mol. The fraction of sp³-hybridized carbons (Fsp3) is 0.421. The van der Waals surface area contributed by atoms with Gasteiger partial charge in [-0.25, -0.2) is 4.98 Å². The predicted molar refractivity (Wildman–Crippen MR) is 99.8 cm³/mol. The summed E-state index contributed by atoms with van der Waals surface area (Å²) in [4.78, 5) is 31.3. The van der Waals surface area contributed by atoms with Crippen LogP contribution in [0.5, 0.6) is 0 Å². The molecule has 136 valence electrons. The summed E-state index contributed by atoms with van der Waals surface area (Å²) in [5, 5.41) is 3.02. The molecule has 0 saturated heterocycles. The third-order valence-electron chi connectivity index (χ3n) is 4.81. The lowest BCUT2D eigenvalue weighted by Gasteiger charge is -2.34. The number of aryl methyl sites for hydroxylation is 2. The summed E-state index contributed by atoms with van der Waals surface area (Å²) in [7, 11) is 0. The Bertz CT molecular complexity index is 1070. The van der Waals surface area contributed by atoms with Crippen molar-refractivity contribution in [1.82, 2.24) is 14.7 Å². The van der Waals surface area contributed by atoms with Crippen LogP contribution in [0.1, 0.15) is 58.6 Å². The van der Waals surface area contributed by atoms with Gasteiger partial charge in [0.2, 0.25) is 0 Å². The third kappa shape index (κ3) is 2.86. The van der Waals surface area contributed by atoms with Gasteiger partial charge in [-0.1, -0.05) is 13.8 Å². The van der Waals surface area contributed by atoms with E-state index in [1.165, 1.54) is 21.9 Å². The first-order chi connectivity index (χ1) is 12.2. The quantitative estimate of drug-likeness (QED) is 0.749. The molecule has 1 atom stereocenters. The number of aromatic nitrogens is 2. The van der Waals surface area contributed by atoms with E-state index >= 15 is 0 Å². The zero-order chi connectivity index (χ0) is 18.6. The molecule has 0 fully saturated rings. The molecule has 1 aliphatic rings. The zero-order valence-electron chi connectivity index (χ0n) is 15.3. The number of fused-ring (bicyclic) bond motifs is 2. The van der Waals surface area contributed by atoms with Gasteiger partial charge in [-0.3, -0.25) is 14.0 Å². The molecule has 1 N–H and O–H groups in total. The van der Waals surface area contributed by atoms with Gasteiger partial charge in [-0.05, 0) is 31.7 Å². The molecule has 26 heavy (non-hydrogen) atoms. The van der Waals surface area contributed by atoms with E-state index in [1.807, 2.05) is 19.9 Å². The van der Waals surface area contributed by atoms with E-state index in [2.05, 4.69) is 24.1 Å². The zero-order valence-corrected chi connectivity index (χ0v) is 16.1. The van der Waals surface area contributed by atoms with E-state index in [4.69, 9.17) is 4.42 Å². The highest BCUT2D eigenvalue weighted by Crippen LogP contribution is 2.42. The van der Waals surface area contributed by atoms with Gasteiger partial charge in [0.05, 0.1) is 6.04 Å². The molecule has 3 aromatic heterocycles. The number of carbonyl (C=O) groups is 1. The van der Waals surface area contributed by atoms with Crippen molar-refractivity contribution in [2.75, 3.05) is 0 Å². The number of nitrogens with zero attached hydrogens (tertiary/aromatic N) is 2. The van der Waals surface area contributed by atoms with Crippen LogP contribution in [-0.4, -0.2) is 15.3 Å². The first-order valence-corrected chi connectivity index (χ1v) is 9.43. The van der Waals surface area contributed by atoms with Crippen LogP contribution in [0.2, 0.25) is 0 Å². The fourth-order valence-corrected chi connectivity index (χ4v) is 4.49. The standard InChI is InChI=1S/C19H21N3O3S/c1-10-5-12-14(6-19(3,4)7-15(12)25-10)21-16(23)13-8-20-18-22(17(13)24)9-11(2)26-18/h5,8-9,14H,6-7H2,1-4H3,(H,21,23). The SMILES string of the molecule is Cc1cc2c(o1)CC(C)(C)CC2NC(=O)c1cnc2sc(C)cn2c1=O. The maximum absolute atomic E-state index is 12.8. The maximum Gasteiger partial charge on any atom is 0.271 e. The van der Waals surface area contributed by atoms with E-state index in [-0.39, 0.29) is 22.6 Å². The van der Waals surface area contributed by atoms with Crippen LogP contribution < -0.4 is 10.9 Å². The van der Waals surface area contributed by atoms with E-state index in [9.17, 15) is 9.59 Å². The van der Waals surface area contributed by atoms with Crippen molar-refractivity contribution in [1.29, 1.82) is 0 Å². The highest BCUT2D eigenvalue weighted by Gasteiger charge is 2.36. The summed E-state index contributed by atoms with van der Waals surface area (Å²) >= 11 is 1.42. The second-order valence-electron chi connectivity index (χ2n) is 7.78. The van der Waals surface area contributed by atoms with Crippen LogP contribution in [0, 0.1) is 19.3 Å². The Kier molecular flexibility index (Phi) is 3.80. The average Bonchev–Trinajstić information content (AvgIpc) is 3.08. The van der Waals surface area contributed by atoms with Crippen LogP contribution in [0.3, 0.4) is 0 Å². The summed E-state index contributed by atoms with van der Waals surface area (Å²) in [5.41, 5.74) is 0.744. The molecule has 1 unspecified atom stereocenters. The van der Waals surface area contributed by atoms with Crippen LogP contribution in [0.15, 0.2) is 27.7 Å². The molecule has 1 amide bonds. The number of hydrogen-bond donors (Lipinski definition) is 1. The Morgan fingerprint density at radius 1 is 1.42 bits per heavy atom. The van der Waals surface area contributed by atoms with E-state index in [0.717, 1.165) is 34.8 Å². The van der Waals surface area contributed by atoms with Crippen molar-refractivity contribution in [3.05, 3.63) is 56.3 Å². The molecule has 0 radical (unpaired) electrons. The van der Waals surface area contributed by atoms with Crippen LogP contribution >= 0.6 is 11.3 Å². The molecule has 7 heteroatoms. The van der Waals surface area contributed by atoms with Crippen molar-refractivity contribution in [2.45, 2.75) is 46.6 Å². The summed E-state index contributed by atoms with van der Waals surface area (Å²) in [6.07, 6.45) is 4.72. The minimum absolute atomic E-state index is 0.0109. The molecule has 3 aromatic rings. The highest BCUT2D eigenvalue weighted by atomic mass is 32.1. The van der Waals surface area contributed by atoms with Gasteiger partial charge < -0.3 is 9.73 Å². The minimum Gasteiger partial charge on any atom is -0.466 e. The molecule has 1 aliphatic carbocycles. The third-order valence-corrected chi connectivity index (χ3v) is 5.72. The topological polar surface area (TPSA) is 76.6 Å². The maximum atomic E-state index is 12.8. The van der Waals surface area contributed by atoms with E-state index in [1.54, 1.807) is 6.20 Å². The Morgan fingerprint density at radius 2 is 2.19 bits per heavy atom. The number of hydrogen-bond acceptors (Lipinski definition) is 5. The summed E-state index contributed by atoms with van der Waals surface area (Å²) < 4.78 is 7.25. The lowest BCUT2D eigenvalue weighted by molar-refractivity contribution is 0.0915. The Balaban J connectivity index is 1.68. The van der Waals surface area contributed by atoms with Crippen LogP contribution in [0.4, 0.5) is 0 Å². The minimum atomic E-state index is -0.395. The van der Waals surface area contributed by atoms with Gasteiger partial charge in [0, 0.05) is 29.3 Å². The number of carbonyl (C=O) groups excluding carboxylic acids is 1. The lowest BCUT2D eigenvalue weighted by Crippen LogP contribution is -2.38. The van der Waals surface area contributed by atoms with Gasteiger partial charge in [0.15, 0.2) is 4.96 Å². The van der Waals surface area contributed by atoms with E-state index in [0.29, 0.717) is 4.96 Å². The molecule has 0 bridgehead atoms. The molecular formula is C19H21N3O3S. The van der Waals surface area contributed by atoms with Crippen molar-refractivity contribution in [3.8, 4) is 0 Å². The monoisotopic (exact) mass is 371 g/mol. The molecule has 6 nitrogen and oxygen atoms in total. The number of nitrogens with one attached hydrogen (secondary N) is 1. The smallest absolute Gasteiger partial charge is 0.271 e. The molecule has 0 saturated carbocycles. The normalized spacial score (nSPS) is 18.7. The Hall–Kier alpha value is -2.41. The van der Waals surface area contributed by atoms with Gasteiger partial charge >= 0.3 is 0 Å². The first kappa shape index (κ1) is 17.0. The van der Waals surface area contributed by atoms with Gasteiger partial charge in [-0.15, -0.1) is 11.3 Å². The molecule has 0 aliphatic heterocycles. The second kappa shape index (κ2) is 5.81. The summed E-state index contributed by atoms with van der Waals surface area (Å²) in [6, 6.07) is 1.80. The fourth-order valence-electron chi connectivity index (χ4n) is 3.70. The average molecular weight is 371 g/mol. The summed E-state index contributed by atoms with van der Waals surface area (Å²) in [5.74, 6) is 1.36. The molecule has 0 aromatic carbocycles. The Labute approximate surface area is 154 Å². The molecule has 3 heterocycles. The number of rotatable bonds is 2. The largest absolute Gasteiger partial charge is 0.466 e. The molecule has 4 rings (SSSR count). The number of thiazole rings is 1. The van der Waals surface area contributed by atoms with Gasteiger partial charge in [0.25, 0.3) is 11.5 Å². The second-order valence-corrected chi connectivity index (χ2v) is 8.99. The van der Waals surface area contributed by atoms with Gasteiger partial charge in [0.1, 0.15) is 17.1 Å². The number of amides is 1. The summed E-state index contributed by atoms with van der Waals surface area (Å²) in [6.45, 7) is 8.13. The highest BCUT2D eigenvalue weighted by molar-refractivity contribution is 7.16. The molecule has 0 spiro atoms. The van der Waals surface area contributed by atoms with Crippen molar-refractivity contribution < 1.29 is 9.21 Å². The predicted octanol–water partition coefficient (Wildman–Crippen LogP) is 3.41.